The van der Waals surface area contributed by atoms with Crippen LogP contribution in [0.25, 0.3) is 11.1 Å². The molecule has 0 saturated carbocycles. The Hall–Kier alpha value is -4.30. The third-order valence-corrected chi connectivity index (χ3v) is 8.65. The van der Waals surface area contributed by atoms with E-state index in [4.69, 9.17) is 9.05 Å². The van der Waals surface area contributed by atoms with Crippen molar-refractivity contribution in [3.63, 3.8) is 0 Å². The fraction of sp³-hybridized carbons (Fsp3) is 0.355. The van der Waals surface area contributed by atoms with Crippen LogP contribution in [0.3, 0.4) is 0 Å². The van der Waals surface area contributed by atoms with Crippen LogP contribution in [0.2, 0.25) is 0 Å². The van der Waals surface area contributed by atoms with E-state index in [0.29, 0.717) is 28.6 Å². The van der Waals surface area contributed by atoms with Crippen LogP contribution in [-0.2, 0) is 32.5 Å². The van der Waals surface area contributed by atoms with Gasteiger partial charge in [0.25, 0.3) is 5.91 Å². The molecule has 0 bridgehead atoms. The Kier molecular flexibility index (Phi) is 11.1. The SMILES string of the molecule is CCOP(=O)(Cc1ccc(Nc2ncc(C(F)(F)F)c(Nc3ccc(-c4cnn(CC(C)(C)O)c4)cc3C(=O)NC)n2)cc1)OCC. The quantitative estimate of drug-likeness (QED) is 0.106. The lowest BCUT2D eigenvalue weighted by Gasteiger charge is -2.18. The summed E-state index contributed by atoms with van der Waals surface area (Å²) in [4.78, 5) is 20.8. The van der Waals surface area contributed by atoms with Gasteiger partial charge in [-0.05, 0) is 63.1 Å². The molecule has 0 aliphatic rings. The molecule has 47 heavy (non-hydrogen) atoms. The van der Waals surface area contributed by atoms with Crippen LogP contribution >= 0.6 is 7.60 Å². The third kappa shape index (κ3) is 9.61. The summed E-state index contributed by atoms with van der Waals surface area (Å²) in [5.74, 6) is -1.26. The van der Waals surface area contributed by atoms with Gasteiger partial charge < -0.3 is 30.1 Å². The first-order valence-electron chi connectivity index (χ1n) is 14.7. The lowest BCUT2D eigenvalue weighted by Crippen LogP contribution is -2.26. The summed E-state index contributed by atoms with van der Waals surface area (Å²) in [6.07, 6.45) is -0.844. The van der Waals surface area contributed by atoms with E-state index < -0.39 is 36.7 Å². The van der Waals surface area contributed by atoms with Crippen molar-refractivity contribution in [3.05, 3.63) is 77.7 Å². The Morgan fingerprint density at radius 1 is 1.00 bits per heavy atom. The van der Waals surface area contributed by atoms with Gasteiger partial charge in [0.05, 0.1) is 49.0 Å². The van der Waals surface area contributed by atoms with Crippen LogP contribution in [0, 0.1) is 0 Å². The molecule has 0 radical (unpaired) electrons. The number of carbonyl (C=O) groups excluding carboxylic acids is 1. The molecule has 0 spiro atoms. The van der Waals surface area contributed by atoms with Gasteiger partial charge >= 0.3 is 13.8 Å². The predicted molar refractivity (Wildman–Crippen MR) is 172 cm³/mol. The van der Waals surface area contributed by atoms with Crippen LogP contribution in [-0.4, -0.2) is 56.6 Å². The number of anilines is 4. The summed E-state index contributed by atoms with van der Waals surface area (Å²) in [5.41, 5.74) is 0.348. The highest BCUT2D eigenvalue weighted by atomic mass is 31.2. The highest BCUT2D eigenvalue weighted by molar-refractivity contribution is 7.53. The molecular formula is C31H37F3N7O5P. The van der Waals surface area contributed by atoms with Crippen molar-refractivity contribution in [2.24, 2.45) is 0 Å². The van der Waals surface area contributed by atoms with Gasteiger partial charge in [0.15, 0.2) is 0 Å². The second kappa shape index (κ2) is 14.6. The molecule has 0 saturated heterocycles. The summed E-state index contributed by atoms with van der Waals surface area (Å²) in [5, 5.41) is 22.4. The number of alkyl halides is 3. The second-order valence-corrected chi connectivity index (χ2v) is 13.1. The maximum Gasteiger partial charge on any atom is 0.421 e. The van der Waals surface area contributed by atoms with E-state index in [1.54, 1.807) is 75.1 Å². The number of halogens is 3. The Morgan fingerprint density at radius 3 is 2.28 bits per heavy atom. The number of rotatable bonds is 14. The number of hydrogen-bond donors (Lipinski definition) is 4. The minimum atomic E-state index is -4.81. The third-order valence-electron chi connectivity index (χ3n) is 6.59. The number of aromatic nitrogens is 4. The number of nitrogens with one attached hydrogen (secondary N) is 3. The van der Waals surface area contributed by atoms with Crippen LogP contribution < -0.4 is 16.0 Å². The number of carbonyl (C=O) groups is 1. The maximum absolute atomic E-state index is 14.0. The predicted octanol–water partition coefficient (Wildman–Crippen LogP) is 6.74. The van der Waals surface area contributed by atoms with Crippen LogP contribution in [0.1, 0.15) is 49.2 Å². The van der Waals surface area contributed by atoms with Crippen molar-refractivity contribution in [1.29, 1.82) is 0 Å². The van der Waals surface area contributed by atoms with Crippen molar-refractivity contribution >= 4 is 36.6 Å². The van der Waals surface area contributed by atoms with E-state index in [9.17, 15) is 27.6 Å². The fourth-order valence-electron chi connectivity index (χ4n) is 4.59. The molecule has 2 heterocycles. The number of aliphatic hydroxyl groups is 1. The normalized spacial score (nSPS) is 12.2. The zero-order chi connectivity index (χ0) is 34.4. The second-order valence-electron chi connectivity index (χ2n) is 11.1. The molecule has 1 amide bonds. The Bertz CT molecular complexity index is 1730. The standard InChI is InChI=1S/C31H37F3N7O5P/c1-6-45-47(44,46-7-2)18-20-8-11-23(12-9-20)38-29-36-16-25(31(32,33)34)27(40-29)39-26-13-10-21(14-24(26)28(42)35-5)22-15-37-41(17-22)19-30(3,4)43/h8-17,43H,6-7,18-19H2,1-5H3,(H,35,42)(H2,36,38,39,40). The first-order chi connectivity index (χ1) is 22.1. The molecule has 0 unspecified atom stereocenters. The fourth-order valence-corrected chi connectivity index (χ4v) is 6.29. The highest BCUT2D eigenvalue weighted by Crippen LogP contribution is 2.51. The maximum atomic E-state index is 14.0. The Morgan fingerprint density at radius 2 is 1.68 bits per heavy atom. The first kappa shape index (κ1) is 35.6. The lowest BCUT2D eigenvalue weighted by molar-refractivity contribution is -0.137. The number of benzene rings is 2. The van der Waals surface area contributed by atoms with Crippen LogP contribution in [0.4, 0.5) is 36.3 Å². The molecule has 0 fully saturated rings. The van der Waals surface area contributed by atoms with Gasteiger partial charge in [-0.25, -0.2) is 4.98 Å². The minimum Gasteiger partial charge on any atom is -0.389 e. The van der Waals surface area contributed by atoms with Gasteiger partial charge in [-0.1, -0.05) is 18.2 Å². The van der Waals surface area contributed by atoms with Gasteiger partial charge in [-0.2, -0.15) is 23.3 Å². The minimum absolute atomic E-state index is 0.0510. The summed E-state index contributed by atoms with van der Waals surface area (Å²) >= 11 is 0. The van der Waals surface area contributed by atoms with Crippen LogP contribution in [0.5, 0.6) is 0 Å². The molecule has 0 aliphatic carbocycles. The molecule has 4 aromatic rings. The molecule has 2 aromatic carbocycles. The molecule has 0 aliphatic heterocycles. The highest BCUT2D eigenvalue weighted by Gasteiger charge is 2.36. The van der Waals surface area contributed by atoms with Crippen molar-refractivity contribution < 1.29 is 36.7 Å². The van der Waals surface area contributed by atoms with E-state index in [-0.39, 0.29) is 43.1 Å². The summed E-state index contributed by atoms with van der Waals surface area (Å²) in [7, 11) is -1.92. The molecule has 252 valence electrons. The summed E-state index contributed by atoms with van der Waals surface area (Å²) < 4.78 is 67.2. The number of hydrogen-bond acceptors (Lipinski definition) is 10. The van der Waals surface area contributed by atoms with Gasteiger partial charge in [0, 0.05) is 30.7 Å². The smallest absolute Gasteiger partial charge is 0.389 e. The van der Waals surface area contributed by atoms with Crippen LogP contribution in [0.15, 0.2) is 61.1 Å². The van der Waals surface area contributed by atoms with Gasteiger partial charge in [0.2, 0.25) is 5.95 Å². The van der Waals surface area contributed by atoms with E-state index in [0.717, 1.165) is 0 Å². The summed E-state index contributed by atoms with van der Waals surface area (Å²) in [6.45, 7) is 7.41. The van der Waals surface area contributed by atoms with Crippen molar-refractivity contribution in [3.8, 4) is 11.1 Å². The monoisotopic (exact) mass is 675 g/mol. The van der Waals surface area contributed by atoms with E-state index in [1.165, 1.54) is 19.2 Å². The number of nitrogens with zero attached hydrogens (tertiary/aromatic N) is 4. The Balaban J connectivity index is 1.62. The zero-order valence-electron chi connectivity index (χ0n) is 26.6. The average Bonchev–Trinajstić information content (AvgIpc) is 3.44. The Labute approximate surface area is 270 Å². The van der Waals surface area contributed by atoms with E-state index in [2.05, 4.69) is 31.0 Å². The van der Waals surface area contributed by atoms with Gasteiger partial charge in [0.1, 0.15) is 11.4 Å². The summed E-state index contributed by atoms with van der Waals surface area (Å²) in [6, 6.07) is 11.3. The lowest BCUT2D eigenvalue weighted by atomic mass is 10.0. The molecular weight excluding hydrogens is 638 g/mol. The van der Waals surface area contributed by atoms with E-state index in [1.807, 2.05) is 0 Å². The zero-order valence-corrected chi connectivity index (χ0v) is 27.4. The van der Waals surface area contributed by atoms with E-state index >= 15 is 0 Å². The van der Waals surface area contributed by atoms with Crippen molar-refractivity contribution in [1.82, 2.24) is 25.1 Å². The topological polar surface area (TPSA) is 153 Å². The van der Waals surface area contributed by atoms with Gasteiger partial charge in [-0.3, -0.25) is 14.0 Å². The molecule has 12 nitrogen and oxygen atoms in total. The van der Waals surface area contributed by atoms with Crippen molar-refractivity contribution in [2.75, 3.05) is 30.9 Å². The largest absolute Gasteiger partial charge is 0.421 e. The average molecular weight is 676 g/mol. The molecule has 16 heteroatoms. The van der Waals surface area contributed by atoms with Crippen molar-refractivity contribution in [2.45, 2.75) is 52.2 Å². The molecule has 4 rings (SSSR count). The number of amides is 1. The molecule has 4 N–H and O–H groups in total. The molecule has 2 aromatic heterocycles. The first-order valence-corrected chi connectivity index (χ1v) is 16.4. The molecule has 0 atom stereocenters. The van der Waals surface area contributed by atoms with Gasteiger partial charge in [-0.15, -0.1) is 0 Å².